The molecule has 0 bridgehead atoms. The first kappa shape index (κ1) is 22.5. The maximum absolute atomic E-state index is 12.4. The van der Waals surface area contributed by atoms with Gasteiger partial charge in [0.05, 0.1) is 12.1 Å². The summed E-state index contributed by atoms with van der Waals surface area (Å²) in [5.74, 6) is 0.223. The zero-order valence-electron chi connectivity index (χ0n) is 13.5. The number of hydrogen-bond donors (Lipinski definition) is 3. The van der Waals surface area contributed by atoms with Gasteiger partial charge in [-0.05, 0) is 38.1 Å². The molecule has 0 saturated carbocycles. The van der Waals surface area contributed by atoms with Gasteiger partial charge in [-0.2, -0.15) is 13.2 Å². The van der Waals surface area contributed by atoms with Gasteiger partial charge >= 0.3 is 6.18 Å². The standard InChI is InChI=1S/C15H21F3N4O.HI/c1-3-19-14(20-4-2)22-10-9-21-13(23)11-5-7-12(8-6-11)15(16,17)18;/h5-8H,3-4,9-10H2,1-2H3,(H,21,23)(H2,19,20,22);1H. The lowest BCUT2D eigenvalue weighted by Crippen LogP contribution is -2.37. The van der Waals surface area contributed by atoms with Crippen molar-refractivity contribution in [2.45, 2.75) is 20.0 Å². The molecule has 0 atom stereocenters. The molecule has 3 N–H and O–H groups in total. The molecular formula is C15H22F3IN4O. The summed E-state index contributed by atoms with van der Waals surface area (Å²) < 4.78 is 37.3. The minimum absolute atomic E-state index is 0. The third-order valence-electron chi connectivity index (χ3n) is 2.83. The highest BCUT2D eigenvalue weighted by Crippen LogP contribution is 2.28. The first-order chi connectivity index (χ1) is 10.9. The van der Waals surface area contributed by atoms with Crippen LogP contribution in [0, 0.1) is 0 Å². The van der Waals surface area contributed by atoms with Crippen molar-refractivity contribution in [3.63, 3.8) is 0 Å². The van der Waals surface area contributed by atoms with Crippen LogP contribution < -0.4 is 16.0 Å². The molecular weight excluding hydrogens is 436 g/mol. The van der Waals surface area contributed by atoms with Gasteiger partial charge in [0.2, 0.25) is 0 Å². The number of benzene rings is 1. The van der Waals surface area contributed by atoms with Gasteiger partial charge in [0, 0.05) is 25.2 Å². The molecule has 24 heavy (non-hydrogen) atoms. The van der Waals surface area contributed by atoms with E-state index in [2.05, 4.69) is 20.9 Å². The summed E-state index contributed by atoms with van der Waals surface area (Å²) in [6.07, 6.45) is -4.40. The molecule has 136 valence electrons. The van der Waals surface area contributed by atoms with E-state index in [1.807, 2.05) is 13.8 Å². The first-order valence-electron chi connectivity index (χ1n) is 7.36. The smallest absolute Gasteiger partial charge is 0.357 e. The van der Waals surface area contributed by atoms with Crippen LogP contribution in [0.4, 0.5) is 13.2 Å². The lowest BCUT2D eigenvalue weighted by atomic mass is 10.1. The summed E-state index contributed by atoms with van der Waals surface area (Å²) in [5, 5.41) is 8.70. The Kier molecular flexibility index (Phi) is 10.4. The molecule has 5 nitrogen and oxygen atoms in total. The number of guanidine groups is 1. The largest absolute Gasteiger partial charge is 0.416 e. The predicted octanol–water partition coefficient (Wildman–Crippen LogP) is 2.63. The number of nitrogens with one attached hydrogen (secondary N) is 3. The lowest BCUT2D eigenvalue weighted by molar-refractivity contribution is -0.137. The van der Waals surface area contributed by atoms with Gasteiger partial charge in [0.1, 0.15) is 0 Å². The Morgan fingerprint density at radius 1 is 1.04 bits per heavy atom. The molecule has 0 aliphatic carbocycles. The fourth-order valence-corrected chi connectivity index (χ4v) is 1.76. The van der Waals surface area contributed by atoms with Crippen molar-refractivity contribution < 1.29 is 18.0 Å². The van der Waals surface area contributed by atoms with Gasteiger partial charge in [-0.15, -0.1) is 24.0 Å². The van der Waals surface area contributed by atoms with Crippen molar-refractivity contribution in [1.29, 1.82) is 0 Å². The Morgan fingerprint density at radius 2 is 1.58 bits per heavy atom. The number of alkyl halides is 3. The van der Waals surface area contributed by atoms with Crippen LogP contribution in [0.25, 0.3) is 0 Å². The molecule has 0 fully saturated rings. The van der Waals surface area contributed by atoms with Crippen LogP contribution >= 0.6 is 24.0 Å². The number of rotatable bonds is 6. The highest BCUT2D eigenvalue weighted by Gasteiger charge is 2.30. The average molecular weight is 458 g/mol. The number of amides is 1. The molecule has 1 amide bonds. The molecule has 0 aliphatic rings. The Labute approximate surface area is 156 Å². The Balaban J connectivity index is 0.00000529. The second kappa shape index (κ2) is 11.1. The van der Waals surface area contributed by atoms with Gasteiger partial charge in [0.25, 0.3) is 5.91 Å². The van der Waals surface area contributed by atoms with Gasteiger partial charge in [-0.25, -0.2) is 0 Å². The van der Waals surface area contributed by atoms with E-state index >= 15 is 0 Å². The SMILES string of the molecule is CCNC(=NCCNC(=O)c1ccc(C(F)(F)F)cc1)NCC.I. The number of halogens is 4. The molecule has 0 radical (unpaired) electrons. The van der Waals surface area contributed by atoms with Crippen molar-refractivity contribution in [3.8, 4) is 0 Å². The predicted molar refractivity (Wildman–Crippen MR) is 98.8 cm³/mol. The first-order valence-corrected chi connectivity index (χ1v) is 7.36. The third-order valence-corrected chi connectivity index (χ3v) is 2.83. The minimum Gasteiger partial charge on any atom is -0.357 e. The quantitative estimate of drug-likeness (QED) is 0.266. The fraction of sp³-hybridized carbons (Fsp3) is 0.467. The molecule has 9 heteroatoms. The molecule has 0 unspecified atom stereocenters. The number of carbonyl (C=O) groups is 1. The van der Waals surface area contributed by atoms with Crippen molar-refractivity contribution in [3.05, 3.63) is 35.4 Å². The number of aliphatic imine (C=N–C) groups is 1. The maximum atomic E-state index is 12.4. The summed E-state index contributed by atoms with van der Waals surface area (Å²) in [7, 11) is 0. The second-order valence-electron chi connectivity index (χ2n) is 4.62. The zero-order chi connectivity index (χ0) is 17.3. The normalized spacial score (nSPS) is 10.4. The van der Waals surface area contributed by atoms with E-state index in [0.717, 1.165) is 37.4 Å². The molecule has 0 heterocycles. The lowest BCUT2D eigenvalue weighted by Gasteiger charge is -2.10. The van der Waals surface area contributed by atoms with E-state index in [-0.39, 0.29) is 29.5 Å². The molecule has 0 aromatic heterocycles. The Hall–Kier alpha value is -1.52. The molecule has 1 aromatic carbocycles. The fourth-order valence-electron chi connectivity index (χ4n) is 1.76. The van der Waals surface area contributed by atoms with Crippen LogP contribution in [0.1, 0.15) is 29.8 Å². The average Bonchev–Trinajstić information content (AvgIpc) is 2.51. The van der Waals surface area contributed by atoms with Gasteiger partial charge in [-0.3, -0.25) is 9.79 Å². The van der Waals surface area contributed by atoms with Gasteiger partial charge in [0.15, 0.2) is 5.96 Å². The number of nitrogens with zero attached hydrogens (tertiary/aromatic N) is 1. The maximum Gasteiger partial charge on any atom is 0.416 e. The van der Waals surface area contributed by atoms with Crippen molar-refractivity contribution in [1.82, 2.24) is 16.0 Å². The number of hydrogen-bond acceptors (Lipinski definition) is 2. The molecule has 0 saturated heterocycles. The van der Waals surface area contributed by atoms with Gasteiger partial charge in [-0.1, -0.05) is 0 Å². The summed E-state index contributed by atoms with van der Waals surface area (Å²) in [6.45, 7) is 5.99. The molecule has 0 aliphatic heterocycles. The van der Waals surface area contributed by atoms with E-state index < -0.39 is 17.6 Å². The second-order valence-corrected chi connectivity index (χ2v) is 4.62. The van der Waals surface area contributed by atoms with E-state index in [4.69, 9.17) is 0 Å². The van der Waals surface area contributed by atoms with E-state index in [1.54, 1.807) is 0 Å². The van der Waals surface area contributed by atoms with Crippen LogP contribution in [0.5, 0.6) is 0 Å². The van der Waals surface area contributed by atoms with Crippen molar-refractivity contribution in [2.24, 2.45) is 4.99 Å². The number of carbonyl (C=O) groups excluding carboxylic acids is 1. The third kappa shape index (κ3) is 7.84. The highest BCUT2D eigenvalue weighted by molar-refractivity contribution is 14.0. The minimum atomic E-state index is -4.40. The van der Waals surface area contributed by atoms with Crippen molar-refractivity contribution in [2.75, 3.05) is 26.2 Å². The summed E-state index contributed by atoms with van der Waals surface area (Å²) in [4.78, 5) is 16.1. The monoisotopic (exact) mass is 458 g/mol. The summed E-state index contributed by atoms with van der Waals surface area (Å²) in [6, 6.07) is 4.09. The van der Waals surface area contributed by atoms with Crippen molar-refractivity contribution >= 4 is 35.8 Å². The zero-order valence-corrected chi connectivity index (χ0v) is 15.9. The molecule has 1 rings (SSSR count). The topological polar surface area (TPSA) is 65.5 Å². The van der Waals surface area contributed by atoms with Gasteiger partial charge < -0.3 is 16.0 Å². The van der Waals surface area contributed by atoms with Crippen LogP contribution in [-0.2, 0) is 6.18 Å². The van der Waals surface area contributed by atoms with Crippen LogP contribution in [0.15, 0.2) is 29.3 Å². The van der Waals surface area contributed by atoms with E-state index in [0.29, 0.717) is 19.0 Å². The van der Waals surface area contributed by atoms with Crippen LogP contribution in [0.2, 0.25) is 0 Å². The Morgan fingerprint density at radius 3 is 2.04 bits per heavy atom. The van der Waals surface area contributed by atoms with Crippen LogP contribution in [0.3, 0.4) is 0 Å². The summed E-state index contributed by atoms with van der Waals surface area (Å²) in [5.41, 5.74) is -0.597. The van der Waals surface area contributed by atoms with E-state index in [1.165, 1.54) is 0 Å². The summed E-state index contributed by atoms with van der Waals surface area (Å²) >= 11 is 0. The highest BCUT2D eigenvalue weighted by atomic mass is 127. The van der Waals surface area contributed by atoms with Crippen LogP contribution in [-0.4, -0.2) is 38.0 Å². The molecule has 1 aromatic rings. The Bertz CT molecular complexity index is 525. The van der Waals surface area contributed by atoms with E-state index in [9.17, 15) is 18.0 Å². The molecule has 0 spiro atoms.